The van der Waals surface area contributed by atoms with E-state index in [2.05, 4.69) is 45.0 Å². The number of fused-ring (bicyclic) bond motifs is 2. The fourth-order valence-corrected chi connectivity index (χ4v) is 5.00. The standard InChI is InChI=1S/C19H29N3O2/c23-8-4-7-20-13-19(14-20)15-21(10-16-5-2-1-3-6-16)11-17-9-18(24)12-22(17)19/h1-3,5-6,17-18,23-24H,4,7-15H2/t17-,18+/m0/s1. The molecule has 1 aromatic rings. The molecule has 3 aliphatic rings. The first-order chi connectivity index (χ1) is 11.7. The van der Waals surface area contributed by atoms with E-state index in [9.17, 15) is 5.11 Å². The van der Waals surface area contributed by atoms with Crippen LogP contribution in [-0.4, -0.2) is 88.5 Å². The van der Waals surface area contributed by atoms with Crippen LogP contribution in [0.3, 0.4) is 0 Å². The Balaban J connectivity index is 1.45. The Labute approximate surface area is 144 Å². The number of benzene rings is 1. The van der Waals surface area contributed by atoms with Gasteiger partial charge in [-0.2, -0.15) is 0 Å². The van der Waals surface area contributed by atoms with Gasteiger partial charge in [0.1, 0.15) is 0 Å². The number of likely N-dealkylation sites (tertiary alicyclic amines) is 1. The van der Waals surface area contributed by atoms with Crippen molar-refractivity contribution in [2.24, 2.45) is 0 Å². The van der Waals surface area contributed by atoms with Gasteiger partial charge in [-0.1, -0.05) is 30.3 Å². The maximum atomic E-state index is 10.2. The third-order valence-electron chi connectivity index (χ3n) is 5.91. The molecule has 1 aromatic carbocycles. The second-order valence-electron chi connectivity index (χ2n) is 7.86. The van der Waals surface area contributed by atoms with Crippen LogP contribution in [-0.2, 0) is 6.54 Å². The molecule has 3 aliphatic heterocycles. The van der Waals surface area contributed by atoms with Gasteiger partial charge >= 0.3 is 0 Å². The lowest BCUT2D eigenvalue weighted by molar-refractivity contribution is -0.115. The molecule has 132 valence electrons. The van der Waals surface area contributed by atoms with Gasteiger partial charge in [0.15, 0.2) is 0 Å². The first-order valence-electron chi connectivity index (χ1n) is 9.23. The van der Waals surface area contributed by atoms with Crippen molar-refractivity contribution in [3.8, 4) is 0 Å². The molecule has 3 fully saturated rings. The smallest absolute Gasteiger partial charge is 0.0682 e. The monoisotopic (exact) mass is 331 g/mol. The molecule has 0 saturated carbocycles. The van der Waals surface area contributed by atoms with E-state index in [0.29, 0.717) is 6.04 Å². The van der Waals surface area contributed by atoms with E-state index in [1.54, 1.807) is 0 Å². The zero-order valence-corrected chi connectivity index (χ0v) is 14.3. The van der Waals surface area contributed by atoms with E-state index >= 15 is 0 Å². The summed E-state index contributed by atoms with van der Waals surface area (Å²) in [5.74, 6) is 0. The fourth-order valence-electron chi connectivity index (χ4n) is 5.00. The van der Waals surface area contributed by atoms with Crippen LogP contribution in [0, 0.1) is 0 Å². The average Bonchev–Trinajstić information content (AvgIpc) is 2.92. The van der Waals surface area contributed by atoms with Gasteiger partial charge in [-0.3, -0.25) is 14.7 Å². The van der Waals surface area contributed by atoms with Gasteiger partial charge in [0.25, 0.3) is 0 Å². The minimum atomic E-state index is -0.171. The Morgan fingerprint density at radius 1 is 1.04 bits per heavy atom. The lowest BCUT2D eigenvalue weighted by Crippen LogP contribution is -2.77. The summed E-state index contributed by atoms with van der Waals surface area (Å²) in [6.45, 7) is 7.37. The third-order valence-corrected chi connectivity index (χ3v) is 5.91. The van der Waals surface area contributed by atoms with Crippen LogP contribution in [0.15, 0.2) is 30.3 Å². The van der Waals surface area contributed by atoms with E-state index in [1.165, 1.54) is 5.56 Å². The van der Waals surface area contributed by atoms with Crippen molar-refractivity contribution < 1.29 is 10.2 Å². The van der Waals surface area contributed by atoms with Crippen LogP contribution in [0.25, 0.3) is 0 Å². The average molecular weight is 331 g/mol. The summed E-state index contributed by atoms with van der Waals surface area (Å²) in [4.78, 5) is 7.62. The number of β-amino-alcohol motifs (C(OH)–C–C–N with tert-alkyl or cyclic N) is 1. The molecule has 0 aliphatic carbocycles. The Bertz CT molecular complexity index is 547. The van der Waals surface area contributed by atoms with Crippen molar-refractivity contribution >= 4 is 0 Å². The Hall–Kier alpha value is -0.980. The van der Waals surface area contributed by atoms with E-state index in [4.69, 9.17) is 5.11 Å². The molecule has 2 atom stereocenters. The normalized spacial score (nSPS) is 30.4. The topological polar surface area (TPSA) is 50.2 Å². The molecule has 1 spiro atoms. The fraction of sp³-hybridized carbons (Fsp3) is 0.684. The van der Waals surface area contributed by atoms with Gasteiger partial charge in [0.2, 0.25) is 0 Å². The lowest BCUT2D eigenvalue weighted by atomic mass is 9.83. The highest BCUT2D eigenvalue weighted by molar-refractivity contribution is 5.17. The number of aliphatic hydroxyl groups is 2. The molecule has 2 N–H and O–H groups in total. The van der Waals surface area contributed by atoms with E-state index in [-0.39, 0.29) is 18.2 Å². The maximum absolute atomic E-state index is 10.2. The summed E-state index contributed by atoms with van der Waals surface area (Å²) in [5.41, 5.74) is 1.57. The minimum absolute atomic E-state index is 0.171. The molecule has 0 unspecified atom stereocenters. The molecule has 0 amide bonds. The van der Waals surface area contributed by atoms with Gasteiger partial charge in [-0.25, -0.2) is 0 Å². The zero-order chi connectivity index (χ0) is 16.6. The molecular weight excluding hydrogens is 302 g/mol. The molecule has 0 aromatic heterocycles. The van der Waals surface area contributed by atoms with Crippen molar-refractivity contribution in [2.45, 2.75) is 37.1 Å². The van der Waals surface area contributed by atoms with Gasteiger partial charge in [0, 0.05) is 58.5 Å². The SMILES string of the molecule is OCCCN1CC2(CN(Cc3ccccc3)C[C@@H]3C[C@@H](O)CN32)C1. The van der Waals surface area contributed by atoms with Crippen molar-refractivity contribution in [1.29, 1.82) is 0 Å². The molecule has 5 heteroatoms. The lowest BCUT2D eigenvalue weighted by Gasteiger charge is -2.61. The highest BCUT2D eigenvalue weighted by Gasteiger charge is 2.55. The van der Waals surface area contributed by atoms with Crippen molar-refractivity contribution in [2.75, 3.05) is 45.9 Å². The summed E-state index contributed by atoms with van der Waals surface area (Å²) in [6.07, 6.45) is 1.59. The largest absolute Gasteiger partial charge is 0.396 e. The first kappa shape index (κ1) is 16.5. The number of hydrogen-bond donors (Lipinski definition) is 2. The second kappa shape index (κ2) is 6.73. The second-order valence-corrected chi connectivity index (χ2v) is 7.86. The number of nitrogens with zero attached hydrogens (tertiary/aromatic N) is 3. The molecule has 3 saturated heterocycles. The Kier molecular flexibility index (Phi) is 4.62. The summed E-state index contributed by atoms with van der Waals surface area (Å²) in [7, 11) is 0. The van der Waals surface area contributed by atoms with Crippen LogP contribution in [0.1, 0.15) is 18.4 Å². The summed E-state index contributed by atoms with van der Waals surface area (Å²) in [5, 5.41) is 19.2. The van der Waals surface area contributed by atoms with Crippen LogP contribution in [0.4, 0.5) is 0 Å². The molecule has 3 heterocycles. The van der Waals surface area contributed by atoms with Gasteiger partial charge < -0.3 is 10.2 Å². The summed E-state index contributed by atoms with van der Waals surface area (Å²) in [6, 6.07) is 11.2. The van der Waals surface area contributed by atoms with E-state index in [0.717, 1.165) is 58.7 Å². The molecular formula is C19H29N3O2. The van der Waals surface area contributed by atoms with Gasteiger partial charge in [0.05, 0.1) is 11.6 Å². The number of piperazine rings is 1. The molecule has 0 bridgehead atoms. The summed E-state index contributed by atoms with van der Waals surface area (Å²) >= 11 is 0. The van der Waals surface area contributed by atoms with Crippen LogP contribution < -0.4 is 0 Å². The maximum Gasteiger partial charge on any atom is 0.0682 e. The highest BCUT2D eigenvalue weighted by Crippen LogP contribution is 2.39. The van der Waals surface area contributed by atoms with Crippen molar-refractivity contribution in [3.05, 3.63) is 35.9 Å². The van der Waals surface area contributed by atoms with E-state index < -0.39 is 0 Å². The van der Waals surface area contributed by atoms with Gasteiger partial charge in [-0.05, 0) is 18.4 Å². The molecule has 24 heavy (non-hydrogen) atoms. The molecule has 0 radical (unpaired) electrons. The Morgan fingerprint density at radius 3 is 2.54 bits per heavy atom. The Morgan fingerprint density at radius 2 is 1.79 bits per heavy atom. The predicted octanol–water partition coefficient (Wildman–Crippen LogP) is 0.374. The third kappa shape index (κ3) is 3.11. The number of aliphatic hydroxyl groups excluding tert-OH is 2. The predicted molar refractivity (Wildman–Crippen MR) is 93.7 cm³/mol. The number of hydrogen-bond acceptors (Lipinski definition) is 5. The van der Waals surface area contributed by atoms with Crippen LogP contribution in [0.2, 0.25) is 0 Å². The molecule has 5 nitrogen and oxygen atoms in total. The van der Waals surface area contributed by atoms with Crippen LogP contribution in [0.5, 0.6) is 0 Å². The molecule has 4 rings (SSSR count). The first-order valence-corrected chi connectivity index (χ1v) is 9.23. The highest BCUT2D eigenvalue weighted by atomic mass is 16.3. The number of rotatable bonds is 5. The quantitative estimate of drug-likeness (QED) is 0.817. The zero-order valence-electron chi connectivity index (χ0n) is 14.3. The van der Waals surface area contributed by atoms with Crippen LogP contribution >= 0.6 is 0 Å². The summed E-state index contributed by atoms with van der Waals surface area (Å²) < 4.78 is 0. The van der Waals surface area contributed by atoms with Crippen molar-refractivity contribution in [1.82, 2.24) is 14.7 Å². The van der Waals surface area contributed by atoms with E-state index in [1.807, 2.05) is 0 Å². The van der Waals surface area contributed by atoms with Gasteiger partial charge in [-0.15, -0.1) is 0 Å². The van der Waals surface area contributed by atoms with Crippen molar-refractivity contribution in [3.63, 3.8) is 0 Å². The minimum Gasteiger partial charge on any atom is -0.396 e.